The average Bonchev–Trinajstić information content (AvgIpc) is 2.39. The van der Waals surface area contributed by atoms with Crippen LogP contribution in [0, 0.1) is 0 Å². The Bertz CT molecular complexity index is 497. The maximum Gasteiger partial charge on any atom is 0.251 e. The van der Waals surface area contributed by atoms with Crippen LogP contribution in [0.4, 0.5) is 0 Å². The largest absolute Gasteiger partial charge is 0.355 e. The van der Waals surface area contributed by atoms with Crippen LogP contribution < -0.4 is 5.32 Å². The normalized spacial score (nSPS) is 9.81. The molecule has 0 aliphatic rings. The van der Waals surface area contributed by atoms with Crippen LogP contribution in [0.3, 0.4) is 0 Å². The zero-order chi connectivity index (χ0) is 11.4. The van der Waals surface area contributed by atoms with Crippen LogP contribution >= 0.6 is 0 Å². The molecule has 0 aliphatic carbocycles. The molecular formula is C12H11N3O. The molecule has 0 saturated carbocycles. The first-order valence-corrected chi connectivity index (χ1v) is 4.90. The van der Waals surface area contributed by atoms with E-state index in [-0.39, 0.29) is 5.91 Å². The monoisotopic (exact) mass is 213 g/mol. The van der Waals surface area contributed by atoms with Gasteiger partial charge in [-0.2, -0.15) is 0 Å². The molecule has 1 aromatic carbocycles. The third kappa shape index (κ3) is 1.91. The first-order chi connectivity index (χ1) is 7.83. The number of amides is 1. The quantitative estimate of drug-likeness (QED) is 0.822. The van der Waals surface area contributed by atoms with Crippen LogP contribution in [0.15, 0.2) is 42.9 Å². The van der Waals surface area contributed by atoms with E-state index in [4.69, 9.17) is 0 Å². The van der Waals surface area contributed by atoms with Gasteiger partial charge in [-0.05, 0) is 12.1 Å². The third-order valence-electron chi connectivity index (χ3n) is 2.26. The maximum absolute atomic E-state index is 11.7. The summed E-state index contributed by atoms with van der Waals surface area (Å²) in [5.74, 6) is -0.116. The summed E-state index contributed by atoms with van der Waals surface area (Å²) in [4.78, 5) is 19.6. The van der Waals surface area contributed by atoms with Gasteiger partial charge < -0.3 is 5.32 Å². The molecule has 1 amide bonds. The minimum atomic E-state index is -0.116. The molecule has 0 unspecified atom stereocenters. The highest BCUT2D eigenvalue weighted by Crippen LogP contribution is 2.20. The highest BCUT2D eigenvalue weighted by molar-refractivity contribution is 6.00. The van der Waals surface area contributed by atoms with Crippen LogP contribution in [0.25, 0.3) is 11.3 Å². The van der Waals surface area contributed by atoms with Crippen molar-refractivity contribution in [3.63, 3.8) is 0 Å². The Balaban J connectivity index is 2.53. The van der Waals surface area contributed by atoms with Gasteiger partial charge in [0.2, 0.25) is 0 Å². The molecule has 80 valence electrons. The summed E-state index contributed by atoms with van der Waals surface area (Å²) in [7, 11) is 1.61. The third-order valence-corrected chi connectivity index (χ3v) is 2.26. The maximum atomic E-state index is 11.7. The van der Waals surface area contributed by atoms with Crippen LogP contribution in [-0.4, -0.2) is 22.9 Å². The molecule has 0 saturated heterocycles. The van der Waals surface area contributed by atoms with E-state index in [9.17, 15) is 4.79 Å². The molecule has 4 nitrogen and oxygen atoms in total. The second kappa shape index (κ2) is 4.53. The summed E-state index contributed by atoms with van der Waals surface area (Å²) in [6, 6.07) is 9.13. The first kappa shape index (κ1) is 10.3. The number of carbonyl (C=O) groups excluding carboxylic acids is 1. The second-order valence-corrected chi connectivity index (χ2v) is 3.22. The summed E-state index contributed by atoms with van der Waals surface area (Å²) in [6.07, 6.45) is 3.12. The smallest absolute Gasteiger partial charge is 0.251 e. The van der Waals surface area contributed by atoms with Gasteiger partial charge in [0, 0.05) is 24.4 Å². The Hall–Kier alpha value is -2.23. The average molecular weight is 213 g/mol. The van der Waals surface area contributed by atoms with Gasteiger partial charge in [-0.1, -0.05) is 18.2 Å². The van der Waals surface area contributed by atoms with Crippen molar-refractivity contribution in [2.75, 3.05) is 7.05 Å². The van der Waals surface area contributed by atoms with Gasteiger partial charge in [0.05, 0.1) is 5.69 Å². The summed E-state index contributed by atoms with van der Waals surface area (Å²) < 4.78 is 0. The lowest BCUT2D eigenvalue weighted by Gasteiger charge is -2.06. The highest BCUT2D eigenvalue weighted by Gasteiger charge is 2.10. The fourth-order valence-electron chi connectivity index (χ4n) is 1.49. The zero-order valence-electron chi connectivity index (χ0n) is 8.84. The molecule has 0 spiro atoms. The highest BCUT2D eigenvalue weighted by atomic mass is 16.1. The number of nitrogens with zero attached hydrogens (tertiary/aromatic N) is 2. The molecule has 4 heteroatoms. The van der Waals surface area contributed by atoms with Crippen molar-refractivity contribution in [1.82, 2.24) is 15.3 Å². The van der Waals surface area contributed by atoms with E-state index < -0.39 is 0 Å². The van der Waals surface area contributed by atoms with Crippen molar-refractivity contribution in [3.8, 4) is 11.3 Å². The minimum Gasteiger partial charge on any atom is -0.355 e. The Morgan fingerprint density at radius 2 is 2.06 bits per heavy atom. The Labute approximate surface area is 93.4 Å². The Morgan fingerprint density at radius 3 is 2.75 bits per heavy atom. The van der Waals surface area contributed by atoms with Crippen molar-refractivity contribution in [2.45, 2.75) is 0 Å². The Kier molecular flexibility index (Phi) is 2.91. The van der Waals surface area contributed by atoms with Crippen molar-refractivity contribution in [3.05, 3.63) is 48.4 Å². The van der Waals surface area contributed by atoms with Gasteiger partial charge in [-0.3, -0.25) is 4.79 Å². The first-order valence-electron chi connectivity index (χ1n) is 4.90. The number of aromatic nitrogens is 2. The number of benzene rings is 1. The van der Waals surface area contributed by atoms with Crippen molar-refractivity contribution < 1.29 is 4.79 Å². The molecule has 0 radical (unpaired) electrons. The predicted molar refractivity (Wildman–Crippen MR) is 60.9 cm³/mol. The SMILES string of the molecule is CNC(=O)c1ccccc1-c1ccncn1. The number of nitrogens with one attached hydrogen (secondary N) is 1. The van der Waals surface area contributed by atoms with Crippen molar-refractivity contribution in [2.24, 2.45) is 0 Å². The lowest BCUT2D eigenvalue weighted by molar-refractivity contribution is 0.0963. The van der Waals surface area contributed by atoms with Gasteiger partial charge in [-0.25, -0.2) is 9.97 Å². The molecule has 16 heavy (non-hydrogen) atoms. The molecule has 0 aliphatic heterocycles. The predicted octanol–water partition coefficient (Wildman–Crippen LogP) is 1.50. The number of hydrogen-bond acceptors (Lipinski definition) is 3. The molecule has 1 heterocycles. The van der Waals surface area contributed by atoms with Crippen LogP contribution in [0.2, 0.25) is 0 Å². The summed E-state index contributed by atoms with van der Waals surface area (Å²) in [5.41, 5.74) is 2.17. The second-order valence-electron chi connectivity index (χ2n) is 3.22. The van der Waals surface area contributed by atoms with E-state index in [1.807, 2.05) is 18.2 Å². The Morgan fingerprint density at radius 1 is 1.25 bits per heavy atom. The molecule has 0 fully saturated rings. The summed E-state index contributed by atoms with van der Waals surface area (Å²) in [6.45, 7) is 0. The van der Waals surface area contributed by atoms with E-state index in [0.29, 0.717) is 5.56 Å². The van der Waals surface area contributed by atoms with Crippen LogP contribution in [-0.2, 0) is 0 Å². The van der Waals surface area contributed by atoms with E-state index >= 15 is 0 Å². The van der Waals surface area contributed by atoms with Gasteiger partial charge in [-0.15, -0.1) is 0 Å². The molecule has 1 N–H and O–H groups in total. The lowest BCUT2D eigenvalue weighted by Crippen LogP contribution is -2.18. The van der Waals surface area contributed by atoms with E-state index in [1.165, 1.54) is 6.33 Å². The van der Waals surface area contributed by atoms with E-state index in [2.05, 4.69) is 15.3 Å². The van der Waals surface area contributed by atoms with Gasteiger partial charge >= 0.3 is 0 Å². The molecule has 2 aromatic rings. The minimum absolute atomic E-state index is 0.116. The fraction of sp³-hybridized carbons (Fsp3) is 0.0833. The molecule has 1 aromatic heterocycles. The molecular weight excluding hydrogens is 202 g/mol. The van der Waals surface area contributed by atoms with Crippen LogP contribution in [0.5, 0.6) is 0 Å². The number of hydrogen-bond donors (Lipinski definition) is 1. The van der Waals surface area contributed by atoms with Crippen molar-refractivity contribution in [1.29, 1.82) is 0 Å². The topological polar surface area (TPSA) is 54.9 Å². The lowest BCUT2D eigenvalue weighted by atomic mass is 10.0. The number of carbonyl (C=O) groups is 1. The van der Waals surface area contributed by atoms with Gasteiger partial charge in [0.15, 0.2) is 0 Å². The molecule has 0 atom stereocenters. The standard InChI is InChI=1S/C12H11N3O/c1-13-12(16)10-5-3-2-4-9(10)11-6-7-14-8-15-11/h2-8H,1H3,(H,13,16). The molecule has 0 bridgehead atoms. The van der Waals surface area contributed by atoms with Crippen molar-refractivity contribution >= 4 is 5.91 Å². The van der Waals surface area contributed by atoms with Gasteiger partial charge in [0.1, 0.15) is 6.33 Å². The molecule has 2 rings (SSSR count). The zero-order valence-corrected chi connectivity index (χ0v) is 8.84. The summed E-state index contributed by atoms with van der Waals surface area (Å²) >= 11 is 0. The van der Waals surface area contributed by atoms with E-state index in [0.717, 1.165) is 11.3 Å². The summed E-state index contributed by atoms with van der Waals surface area (Å²) in [5, 5.41) is 2.61. The van der Waals surface area contributed by atoms with E-state index in [1.54, 1.807) is 25.4 Å². The van der Waals surface area contributed by atoms with Gasteiger partial charge in [0.25, 0.3) is 5.91 Å². The fourth-order valence-corrected chi connectivity index (χ4v) is 1.49. The van der Waals surface area contributed by atoms with Crippen LogP contribution in [0.1, 0.15) is 10.4 Å². The number of rotatable bonds is 2.